The number of rotatable bonds is 11. The molecule has 4 aromatic rings. The molecule has 2 amide bonds. The molecule has 4 N–H and O–H groups in total. The third-order valence-electron chi connectivity index (χ3n) is 10.2. The average molecular weight is 831 g/mol. The molecule has 0 bridgehead atoms. The summed E-state index contributed by atoms with van der Waals surface area (Å²) in [5.74, 6) is 0. The number of urea groups is 1. The summed E-state index contributed by atoms with van der Waals surface area (Å²) >= 11 is 0. The molecular formula is C40H50N10O6S2. The molecule has 308 valence electrons. The van der Waals surface area contributed by atoms with E-state index in [9.17, 15) is 26.4 Å². The number of hydrogen-bond donors (Lipinski definition) is 3. The van der Waals surface area contributed by atoms with Gasteiger partial charge in [-0.2, -0.15) is 23.6 Å². The summed E-state index contributed by atoms with van der Waals surface area (Å²) in [5.41, 5.74) is 11.2. The molecule has 0 spiro atoms. The molecule has 0 radical (unpaired) electrons. The summed E-state index contributed by atoms with van der Waals surface area (Å²) in [6.45, 7) is 2.73. The highest BCUT2D eigenvalue weighted by molar-refractivity contribution is 7.90. The number of allylic oxidation sites excluding steroid dienone is 2. The van der Waals surface area contributed by atoms with Gasteiger partial charge in [0.2, 0.25) is 6.08 Å². The Kier molecular flexibility index (Phi) is 13.3. The molecule has 16 nitrogen and oxygen atoms in total. The zero-order chi connectivity index (χ0) is 41.6. The third-order valence-corrected chi connectivity index (χ3v) is 12.3. The van der Waals surface area contributed by atoms with Gasteiger partial charge in [-0.25, -0.2) is 27.9 Å². The molecule has 4 aliphatic rings. The highest BCUT2D eigenvalue weighted by Gasteiger charge is 2.26. The molecule has 58 heavy (non-hydrogen) atoms. The fourth-order valence-electron chi connectivity index (χ4n) is 7.41. The van der Waals surface area contributed by atoms with Crippen LogP contribution >= 0.6 is 0 Å². The number of likely N-dealkylation sites (N-methyl/N-ethyl adjacent to an activating group) is 2. The Bertz CT molecular complexity index is 2510. The van der Waals surface area contributed by atoms with Crippen LogP contribution in [-0.4, -0.2) is 99.6 Å². The Labute approximate surface area is 339 Å². The van der Waals surface area contributed by atoms with Crippen molar-refractivity contribution in [1.29, 1.82) is 0 Å². The summed E-state index contributed by atoms with van der Waals surface area (Å²) < 4.78 is 52.1. The molecule has 2 aromatic carbocycles. The second kappa shape index (κ2) is 18.1. The molecule has 8 rings (SSSR count). The van der Waals surface area contributed by atoms with E-state index in [-0.39, 0.29) is 10.1 Å². The highest BCUT2D eigenvalue weighted by Crippen LogP contribution is 2.40. The number of aliphatic imine (C=N–C) groups is 1. The van der Waals surface area contributed by atoms with Crippen LogP contribution in [0, 0.1) is 0 Å². The van der Waals surface area contributed by atoms with Gasteiger partial charge < -0.3 is 15.1 Å². The van der Waals surface area contributed by atoms with Crippen LogP contribution in [0.3, 0.4) is 0 Å². The lowest BCUT2D eigenvalue weighted by Gasteiger charge is -2.16. The molecule has 0 aliphatic heterocycles. The summed E-state index contributed by atoms with van der Waals surface area (Å²) in [5, 5.41) is 15.4. The van der Waals surface area contributed by atoms with E-state index < -0.39 is 26.1 Å². The minimum absolute atomic E-state index is 0.0868. The minimum Gasteiger partial charge on any atom is -0.308 e. The number of nitrogens with two attached hydrogens (primary N) is 1. The molecule has 0 saturated carbocycles. The van der Waals surface area contributed by atoms with E-state index in [0.717, 1.165) is 86.1 Å². The first-order valence-corrected chi connectivity index (χ1v) is 22.1. The van der Waals surface area contributed by atoms with E-state index in [1.165, 1.54) is 46.4 Å². The molecule has 0 unspecified atom stereocenters. The van der Waals surface area contributed by atoms with Crippen molar-refractivity contribution in [2.24, 2.45) is 10.1 Å². The molecule has 18 heteroatoms. The second-order valence-corrected chi connectivity index (χ2v) is 18.2. The van der Waals surface area contributed by atoms with Crippen LogP contribution in [0.2, 0.25) is 0 Å². The van der Waals surface area contributed by atoms with Gasteiger partial charge in [-0.05, 0) is 125 Å². The second-order valence-electron chi connectivity index (χ2n) is 15.1. The number of nitrogens with one attached hydrogen (secondary N) is 2. The number of fused-ring (bicyclic) bond motifs is 4. The average Bonchev–Trinajstić information content (AvgIpc) is 4.00. The van der Waals surface area contributed by atoms with Crippen molar-refractivity contribution >= 4 is 55.7 Å². The number of carbonyl (C=O) groups excluding carboxylic acids is 2. The lowest BCUT2D eigenvalue weighted by Crippen LogP contribution is -2.35. The van der Waals surface area contributed by atoms with Gasteiger partial charge in [0.25, 0.3) is 20.0 Å². The predicted octanol–water partition coefficient (Wildman–Crippen LogP) is 3.82. The number of amides is 2. The topological polar surface area (TPSA) is 207 Å². The number of sulfonamides is 2. The van der Waals surface area contributed by atoms with Crippen LogP contribution < -0.4 is 15.2 Å². The SMILES string of the molecule is CN(C)CCn1ccc(S(=O)(=O)NC(=O)Nc2c3c(cc4c2CCC4)CC=C3)n1.CN(C)CCn1ccc(S(N)(=O)=O)n1.O=C=Nc1c2c(cc3c1CCC3)CC=C2. The number of nitrogens with zero attached hydrogens (tertiary/aromatic N) is 7. The van der Waals surface area contributed by atoms with E-state index in [1.54, 1.807) is 27.8 Å². The number of benzene rings is 2. The smallest absolute Gasteiger partial charge is 0.308 e. The van der Waals surface area contributed by atoms with Crippen molar-refractivity contribution < 1.29 is 26.4 Å². The third kappa shape index (κ3) is 10.2. The zero-order valence-electron chi connectivity index (χ0n) is 33.2. The molecule has 0 saturated heterocycles. The Morgan fingerprint density at radius 1 is 0.793 bits per heavy atom. The van der Waals surface area contributed by atoms with Crippen molar-refractivity contribution in [3.05, 3.63) is 93.3 Å². The van der Waals surface area contributed by atoms with Gasteiger partial charge in [0.15, 0.2) is 10.1 Å². The van der Waals surface area contributed by atoms with Crippen LogP contribution in [-0.2, 0) is 76.5 Å². The molecular weight excluding hydrogens is 781 g/mol. The van der Waals surface area contributed by atoms with E-state index in [4.69, 9.17) is 5.14 Å². The maximum absolute atomic E-state index is 12.6. The van der Waals surface area contributed by atoms with E-state index in [1.807, 2.05) is 44.1 Å². The van der Waals surface area contributed by atoms with Gasteiger partial charge in [0, 0.05) is 36.6 Å². The number of primary sulfonamides is 1. The van der Waals surface area contributed by atoms with Crippen molar-refractivity contribution in [2.45, 2.75) is 74.5 Å². The van der Waals surface area contributed by atoms with Gasteiger partial charge in [-0.3, -0.25) is 9.36 Å². The lowest BCUT2D eigenvalue weighted by atomic mass is 9.98. The fourth-order valence-corrected chi connectivity index (χ4v) is 8.73. The number of carbonyl (C=O) groups is 1. The quantitative estimate of drug-likeness (QED) is 0.147. The Morgan fingerprint density at radius 2 is 1.33 bits per heavy atom. The summed E-state index contributed by atoms with van der Waals surface area (Å²) in [6.07, 6.45) is 21.2. The van der Waals surface area contributed by atoms with Gasteiger partial charge in [-0.15, -0.1) is 0 Å². The Hall–Kier alpha value is -5.23. The van der Waals surface area contributed by atoms with Crippen LogP contribution in [0.5, 0.6) is 0 Å². The van der Waals surface area contributed by atoms with E-state index >= 15 is 0 Å². The number of aryl methyl sites for hydroxylation is 2. The summed E-state index contributed by atoms with van der Waals surface area (Å²) in [7, 11) is 0.0118. The highest BCUT2D eigenvalue weighted by atomic mass is 32.2. The maximum Gasteiger partial charge on any atom is 0.333 e. The maximum atomic E-state index is 12.6. The van der Waals surface area contributed by atoms with Gasteiger partial charge >= 0.3 is 6.03 Å². The first-order valence-electron chi connectivity index (χ1n) is 19.1. The molecule has 0 atom stereocenters. The summed E-state index contributed by atoms with van der Waals surface area (Å²) in [4.78, 5) is 30.9. The predicted molar refractivity (Wildman–Crippen MR) is 222 cm³/mol. The Morgan fingerprint density at radius 3 is 1.90 bits per heavy atom. The van der Waals surface area contributed by atoms with Gasteiger partial charge in [0.1, 0.15) is 0 Å². The zero-order valence-corrected chi connectivity index (χ0v) is 34.9. The number of anilines is 1. The fraction of sp³-hybridized carbons (Fsp3) is 0.400. The lowest BCUT2D eigenvalue weighted by molar-refractivity contribution is 0.256. The van der Waals surface area contributed by atoms with E-state index in [0.29, 0.717) is 13.1 Å². The van der Waals surface area contributed by atoms with Gasteiger partial charge in [0.05, 0.1) is 24.5 Å². The van der Waals surface area contributed by atoms with Crippen molar-refractivity contribution in [3.8, 4) is 0 Å². The van der Waals surface area contributed by atoms with Crippen molar-refractivity contribution in [2.75, 3.05) is 46.6 Å². The first kappa shape index (κ1) is 42.4. The molecule has 4 aliphatic carbocycles. The van der Waals surface area contributed by atoms with Crippen molar-refractivity contribution in [1.82, 2.24) is 34.1 Å². The minimum atomic E-state index is -4.05. The first-order chi connectivity index (χ1) is 27.6. The van der Waals surface area contributed by atoms with Crippen molar-refractivity contribution in [3.63, 3.8) is 0 Å². The van der Waals surface area contributed by atoms with E-state index in [2.05, 4.69) is 55.6 Å². The number of hydrogen-bond acceptors (Lipinski definition) is 11. The number of isocyanates is 1. The largest absolute Gasteiger partial charge is 0.333 e. The van der Waals surface area contributed by atoms with Crippen LogP contribution in [0.1, 0.15) is 57.3 Å². The summed E-state index contributed by atoms with van der Waals surface area (Å²) in [6, 6.07) is 6.51. The standard InChI is InChI=1S/C20H25N5O3S.C13H11NO.C7H14N4O2S/c1-24(2)11-12-25-10-9-18(22-25)29(27,28)23-20(26)21-19-16-7-3-5-14(16)13-15-6-4-8-17(15)19;15-8-14-13-11-5-1-3-9(11)7-10-4-2-6-12(10)13;1-10(2)5-6-11-4-3-7(9-11)14(8,12)13/h3,7,9-10,13H,4-6,8,11-12H2,1-2H3,(H2,21,23,26);1,5,7H,2-4,6H2;3-4H,5-6H2,1-2H3,(H2,8,12,13). The Balaban J connectivity index is 0.000000164. The molecule has 2 aromatic heterocycles. The van der Waals surface area contributed by atoms with Crippen LogP contribution in [0.15, 0.2) is 63.9 Å². The number of aromatic nitrogens is 4. The monoisotopic (exact) mass is 830 g/mol. The molecule has 0 fully saturated rings. The van der Waals surface area contributed by atoms with Crippen LogP contribution in [0.25, 0.3) is 12.2 Å². The van der Waals surface area contributed by atoms with Gasteiger partial charge in [-0.1, -0.05) is 36.4 Å². The normalized spacial score (nSPS) is 14.5. The molecule has 2 heterocycles. The van der Waals surface area contributed by atoms with Crippen LogP contribution in [0.4, 0.5) is 16.2 Å².